The monoisotopic (exact) mass is 366 g/mol. The summed E-state index contributed by atoms with van der Waals surface area (Å²) in [5, 5.41) is 17.2. The summed E-state index contributed by atoms with van der Waals surface area (Å²) in [6.45, 7) is 0.723. The van der Waals surface area contributed by atoms with Crippen LogP contribution < -0.4 is 5.73 Å². The maximum absolute atomic E-state index is 12.2. The Morgan fingerprint density at radius 1 is 1.29 bits per heavy atom. The minimum absolute atomic E-state index is 0.0748. The number of hydrogen-bond donors (Lipinski definition) is 1. The number of nitrogen functional groups attached to an aromatic ring is 1. The van der Waals surface area contributed by atoms with Gasteiger partial charge in [0.05, 0.1) is 30.7 Å². The fourth-order valence-electron chi connectivity index (χ4n) is 1.60. The molecule has 0 spiro atoms. The first-order chi connectivity index (χ1) is 10.1. The van der Waals surface area contributed by atoms with Gasteiger partial charge in [-0.2, -0.15) is 10.5 Å². The van der Waals surface area contributed by atoms with Gasteiger partial charge in [0.2, 0.25) is 5.91 Å². The van der Waals surface area contributed by atoms with E-state index in [9.17, 15) is 4.79 Å². The lowest BCUT2D eigenvalue weighted by Gasteiger charge is -2.20. The van der Waals surface area contributed by atoms with Crippen molar-refractivity contribution in [3.05, 3.63) is 22.7 Å². The molecule has 1 amide bonds. The van der Waals surface area contributed by atoms with Crippen LogP contribution in [0.3, 0.4) is 0 Å². The lowest BCUT2D eigenvalue weighted by Crippen LogP contribution is -2.34. The molecule has 110 valence electrons. The molecule has 0 aliphatic carbocycles. The summed E-state index contributed by atoms with van der Waals surface area (Å²) >= 11 is 4.81. The van der Waals surface area contributed by atoms with Crippen molar-refractivity contribution in [2.45, 2.75) is 17.7 Å². The maximum Gasteiger partial charge on any atom is 0.232 e. The van der Waals surface area contributed by atoms with Crippen molar-refractivity contribution >= 4 is 39.3 Å². The molecule has 0 saturated carbocycles. The van der Waals surface area contributed by atoms with E-state index < -0.39 is 0 Å². The van der Waals surface area contributed by atoms with Gasteiger partial charge < -0.3 is 10.6 Å². The van der Waals surface area contributed by atoms with Crippen LogP contribution in [0.1, 0.15) is 12.8 Å². The second-order valence-corrected chi connectivity index (χ2v) is 6.05. The molecule has 1 aromatic carbocycles. The van der Waals surface area contributed by atoms with Crippen molar-refractivity contribution in [2.75, 3.05) is 24.6 Å². The van der Waals surface area contributed by atoms with Gasteiger partial charge in [-0.3, -0.25) is 4.79 Å². The van der Waals surface area contributed by atoms with E-state index in [-0.39, 0.29) is 24.5 Å². The van der Waals surface area contributed by atoms with Gasteiger partial charge in [-0.05, 0) is 34.1 Å². The average Bonchev–Trinajstić information content (AvgIpc) is 2.46. The molecule has 0 aliphatic heterocycles. The largest absolute Gasteiger partial charge is 0.399 e. The van der Waals surface area contributed by atoms with Crippen molar-refractivity contribution < 1.29 is 4.79 Å². The topological polar surface area (TPSA) is 93.9 Å². The lowest BCUT2D eigenvalue weighted by molar-refractivity contribution is -0.128. The van der Waals surface area contributed by atoms with E-state index in [1.807, 2.05) is 18.2 Å². The van der Waals surface area contributed by atoms with Gasteiger partial charge in [-0.25, -0.2) is 0 Å². The quantitative estimate of drug-likeness (QED) is 0.591. The fourth-order valence-corrected chi connectivity index (χ4v) is 3.16. The molecule has 0 aliphatic rings. The molecular formula is C14H15BrN4OS. The number of nitriles is 2. The van der Waals surface area contributed by atoms with E-state index >= 15 is 0 Å². The van der Waals surface area contributed by atoms with Crippen LogP contribution in [0.25, 0.3) is 0 Å². The van der Waals surface area contributed by atoms with E-state index in [1.165, 1.54) is 11.8 Å². The number of rotatable bonds is 7. The zero-order valence-electron chi connectivity index (χ0n) is 11.4. The first kappa shape index (κ1) is 17.4. The van der Waals surface area contributed by atoms with E-state index in [0.717, 1.165) is 9.37 Å². The van der Waals surface area contributed by atoms with Crippen LogP contribution in [0.15, 0.2) is 27.6 Å². The summed E-state index contributed by atoms with van der Waals surface area (Å²) in [6.07, 6.45) is 0.542. The molecule has 2 N–H and O–H groups in total. The molecule has 0 fully saturated rings. The van der Waals surface area contributed by atoms with Crippen molar-refractivity contribution in [1.29, 1.82) is 10.5 Å². The second kappa shape index (κ2) is 9.28. The molecular weight excluding hydrogens is 352 g/mol. The molecule has 0 radical (unpaired) electrons. The Kier molecular flexibility index (Phi) is 7.66. The first-order valence-electron chi connectivity index (χ1n) is 6.28. The molecule has 0 unspecified atom stereocenters. The zero-order valence-corrected chi connectivity index (χ0v) is 13.8. The molecule has 5 nitrogen and oxygen atoms in total. The Labute approximate surface area is 136 Å². The number of halogens is 1. The number of nitrogens with zero attached hydrogens (tertiary/aromatic N) is 3. The van der Waals surface area contributed by atoms with Crippen molar-refractivity contribution in [3.63, 3.8) is 0 Å². The summed E-state index contributed by atoms with van der Waals surface area (Å²) in [7, 11) is 0. The molecule has 0 atom stereocenters. The third kappa shape index (κ3) is 6.07. The number of hydrogen-bond acceptors (Lipinski definition) is 5. The molecule has 0 heterocycles. The van der Waals surface area contributed by atoms with Gasteiger partial charge in [-0.15, -0.1) is 11.8 Å². The molecule has 1 rings (SSSR count). The molecule has 1 aromatic rings. The Morgan fingerprint density at radius 2 is 1.90 bits per heavy atom. The van der Waals surface area contributed by atoms with Gasteiger partial charge >= 0.3 is 0 Å². The summed E-state index contributed by atoms with van der Waals surface area (Å²) in [5.74, 6) is 0.188. The summed E-state index contributed by atoms with van der Waals surface area (Å²) in [5.41, 5.74) is 6.32. The van der Waals surface area contributed by atoms with Crippen molar-refractivity contribution in [2.24, 2.45) is 0 Å². The lowest BCUT2D eigenvalue weighted by atomic mass is 10.3. The van der Waals surface area contributed by atoms with Crippen molar-refractivity contribution in [1.82, 2.24) is 4.90 Å². The minimum atomic E-state index is -0.0748. The number of amides is 1. The predicted molar refractivity (Wildman–Crippen MR) is 86.3 cm³/mol. The third-order valence-electron chi connectivity index (χ3n) is 2.65. The highest BCUT2D eigenvalue weighted by Crippen LogP contribution is 2.29. The maximum atomic E-state index is 12.2. The van der Waals surface area contributed by atoms with E-state index in [1.54, 1.807) is 17.0 Å². The van der Waals surface area contributed by atoms with Gasteiger partial charge in [0.1, 0.15) is 0 Å². The summed E-state index contributed by atoms with van der Waals surface area (Å²) in [4.78, 5) is 14.6. The van der Waals surface area contributed by atoms with E-state index in [0.29, 0.717) is 18.8 Å². The Balaban J connectivity index is 2.60. The molecule has 21 heavy (non-hydrogen) atoms. The number of anilines is 1. The highest BCUT2D eigenvalue weighted by molar-refractivity contribution is 9.10. The van der Waals surface area contributed by atoms with Crippen molar-refractivity contribution in [3.8, 4) is 12.1 Å². The fraction of sp³-hybridized carbons (Fsp3) is 0.357. The number of nitrogens with two attached hydrogens (primary N) is 1. The van der Waals surface area contributed by atoms with E-state index in [4.69, 9.17) is 16.3 Å². The van der Waals surface area contributed by atoms with Crippen LogP contribution in [0.4, 0.5) is 5.69 Å². The highest BCUT2D eigenvalue weighted by Gasteiger charge is 2.14. The molecule has 0 bridgehead atoms. The SMILES string of the molecule is N#CCCN(CCC#N)C(=O)CSc1ccc(N)cc1Br. The number of carbonyl (C=O) groups excluding carboxylic acids is 1. The van der Waals surface area contributed by atoms with Crippen LogP contribution in [0.5, 0.6) is 0 Å². The number of benzene rings is 1. The van der Waals surface area contributed by atoms with Crippen LogP contribution in [0.2, 0.25) is 0 Å². The zero-order chi connectivity index (χ0) is 15.7. The smallest absolute Gasteiger partial charge is 0.232 e. The Hall–Kier alpha value is -1.70. The third-order valence-corrected chi connectivity index (χ3v) is 4.62. The Bertz CT molecular complexity index is 561. The highest BCUT2D eigenvalue weighted by atomic mass is 79.9. The molecule has 7 heteroatoms. The first-order valence-corrected chi connectivity index (χ1v) is 8.06. The average molecular weight is 367 g/mol. The summed E-state index contributed by atoms with van der Waals surface area (Å²) in [6, 6.07) is 9.45. The van der Waals surface area contributed by atoms with Gasteiger partial charge in [0.15, 0.2) is 0 Å². The standard InChI is InChI=1S/C14H15BrN4OS/c15-12-9-11(18)3-4-13(12)21-10-14(20)19(7-1-5-16)8-2-6-17/h3-4,9H,1-2,7-8,10,18H2. The Morgan fingerprint density at radius 3 is 2.43 bits per heavy atom. The van der Waals surface area contributed by atoms with Crippen LogP contribution in [-0.4, -0.2) is 29.6 Å². The normalized spacial score (nSPS) is 9.67. The number of thioether (sulfide) groups is 1. The van der Waals surface area contributed by atoms with Gasteiger partial charge in [0, 0.05) is 28.1 Å². The van der Waals surface area contributed by atoms with Crippen LogP contribution >= 0.6 is 27.7 Å². The van der Waals surface area contributed by atoms with Crippen LogP contribution in [-0.2, 0) is 4.79 Å². The number of carbonyl (C=O) groups is 1. The molecule has 0 saturated heterocycles. The molecule has 0 aromatic heterocycles. The predicted octanol–water partition coefficient (Wildman–Crippen LogP) is 2.78. The van der Waals surface area contributed by atoms with Crippen LogP contribution in [0, 0.1) is 22.7 Å². The van der Waals surface area contributed by atoms with Gasteiger partial charge in [0.25, 0.3) is 0 Å². The van der Waals surface area contributed by atoms with Gasteiger partial charge in [-0.1, -0.05) is 0 Å². The van der Waals surface area contributed by atoms with E-state index in [2.05, 4.69) is 15.9 Å². The minimum Gasteiger partial charge on any atom is -0.399 e. The summed E-state index contributed by atoms with van der Waals surface area (Å²) < 4.78 is 0.848. The second-order valence-electron chi connectivity index (χ2n) is 4.18.